The monoisotopic (exact) mass is 678 g/mol. The number of anilines is 1. The van der Waals surface area contributed by atoms with Gasteiger partial charge in [0.1, 0.15) is 0 Å². The minimum absolute atomic E-state index is 0.0636. The van der Waals surface area contributed by atoms with Crippen LogP contribution in [0, 0.1) is 6.92 Å². The summed E-state index contributed by atoms with van der Waals surface area (Å²) in [5.74, 6) is 0.154. The number of hydrogen-bond donors (Lipinski definition) is 1. The van der Waals surface area contributed by atoms with Crippen LogP contribution >= 0.6 is 15.9 Å². The number of nitrogens with one attached hydrogen (secondary N) is 1. The largest absolute Gasteiger partial charge is 0.490 e. The molecule has 4 aromatic carbocycles. The summed E-state index contributed by atoms with van der Waals surface area (Å²) < 4.78 is 53.5. The van der Waals surface area contributed by atoms with Gasteiger partial charge < -0.3 is 14.8 Å². The van der Waals surface area contributed by atoms with E-state index in [2.05, 4.69) is 31.3 Å². The first-order valence-electron chi connectivity index (χ1n) is 13.7. The number of benzene rings is 4. The van der Waals surface area contributed by atoms with Gasteiger partial charge in [-0.15, -0.1) is 0 Å². The van der Waals surface area contributed by atoms with Crippen molar-refractivity contribution in [1.82, 2.24) is 9.66 Å². The quantitative estimate of drug-likeness (QED) is 0.163. The van der Waals surface area contributed by atoms with Gasteiger partial charge in [0, 0.05) is 11.3 Å². The molecule has 1 amide bonds. The normalized spacial score (nSPS) is 11.6. The minimum atomic E-state index is -4.59. The molecule has 0 radical (unpaired) electrons. The molecule has 0 fully saturated rings. The van der Waals surface area contributed by atoms with Crippen molar-refractivity contribution in [2.45, 2.75) is 20.0 Å². The number of amides is 1. The molecule has 0 aliphatic heterocycles. The third kappa shape index (κ3) is 7.23. The molecule has 5 rings (SSSR count). The van der Waals surface area contributed by atoms with E-state index in [4.69, 9.17) is 9.47 Å². The molecule has 12 heteroatoms. The van der Waals surface area contributed by atoms with Crippen molar-refractivity contribution in [2.24, 2.45) is 5.10 Å². The fourth-order valence-corrected chi connectivity index (χ4v) is 5.05. The molecule has 0 aliphatic rings. The predicted molar refractivity (Wildman–Crippen MR) is 170 cm³/mol. The first kappa shape index (κ1) is 31.5. The maximum absolute atomic E-state index is 13.5. The number of rotatable bonds is 9. The predicted octanol–water partition coefficient (Wildman–Crippen LogP) is 7.45. The van der Waals surface area contributed by atoms with Gasteiger partial charge in [-0.1, -0.05) is 42.5 Å². The van der Waals surface area contributed by atoms with Crippen LogP contribution in [-0.2, 0) is 11.0 Å². The molecule has 0 unspecified atom stereocenters. The number of ether oxygens (including phenoxy) is 2. The van der Waals surface area contributed by atoms with Crippen molar-refractivity contribution in [3.8, 4) is 22.9 Å². The molecule has 0 saturated heterocycles. The number of nitrogens with zero attached hydrogens (tertiary/aromatic N) is 3. The van der Waals surface area contributed by atoms with Crippen LogP contribution in [0.15, 0.2) is 99.3 Å². The Balaban J connectivity index is 1.49. The fraction of sp³-hybridized carbons (Fsp3) is 0.152. The summed E-state index contributed by atoms with van der Waals surface area (Å²) in [5, 5.41) is 7.40. The van der Waals surface area contributed by atoms with E-state index in [1.165, 1.54) is 18.3 Å². The Labute approximate surface area is 264 Å². The Kier molecular flexibility index (Phi) is 9.33. The molecule has 0 atom stereocenters. The van der Waals surface area contributed by atoms with E-state index in [0.717, 1.165) is 22.4 Å². The van der Waals surface area contributed by atoms with Crippen molar-refractivity contribution in [3.63, 3.8) is 0 Å². The highest BCUT2D eigenvalue weighted by Gasteiger charge is 2.31. The van der Waals surface area contributed by atoms with E-state index in [0.29, 0.717) is 27.0 Å². The van der Waals surface area contributed by atoms with Crippen LogP contribution in [0.4, 0.5) is 18.9 Å². The SMILES string of the molecule is CCOc1cc(C=Nn2c(-c3cccc(C(F)(F)F)c3)nc3ccccc3c2=O)cc(Br)c1OCC(=O)Nc1ccccc1C. The zero-order valence-corrected chi connectivity index (χ0v) is 25.6. The average molecular weight is 679 g/mol. The van der Waals surface area contributed by atoms with Gasteiger partial charge in [-0.3, -0.25) is 9.59 Å². The van der Waals surface area contributed by atoms with Crippen LogP contribution in [0.1, 0.15) is 23.6 Å². The molecule has 8 nitrogen and oxygen atoms in total. The van der Waals surface area contributed by atoms with Crippen LogP contribution in [0.3, 0.4) is 0 Å². The molecule has 0 bridgehead atoms. The molecular weight excluding hydrogens is 653 g/mol. The molecule has 1 N–H and O–H groups in total. The van der Waals surface area contributed by atoms with Gasteiger partial charge in [-0.05, 0) is 83.4 Å². The number of carbonyl (C=O) groups excluding carboxylic acids is 1. The number of hydrogen-bond acceptors (Lipinski definition) is 6. The van der Waals surface area contributed by atoms with E-state index >= 15 is 0 Å². The minimum Gasteiger partial charge on any atom is -0.490 e. The third-order valence-corrected chi connectivity index (χ3v) is 7.21. The second kappa shape index (κ2) is 13.3. The first-order chi connectivity index (χ1) is 21.5. The number of aryl methyl sites for hydroxylation is 1. The maximum Gasteiger partial charge on any atom is 0.416 e. The zero-order valence-electron chi connectivity index (χ0n) is 24.1. The average Bonchev–Trinajstić information content (AvgIpc) is 3.01. The van der Waals surface area contributed by atoms with Gasteiger partial charge in [0.2, 0.25) is 0 Å². The summed E-state index contributed by atoms with van der Waals surface area (Å²) in [6.07, 6.45) is -3.23. The molecule has 230 valence electrons. The summed E-state index contributed by atoms with van der Waals surface area (Å²) in [6.45, 7) is 3.65. The highest BCUT2D eigenvalue weighted by atomic mass is 79.9. The van der Waals surface area contributed by atoms with Gasteiger partial charge in [0.15, 0.2) is 23.9 Å². The maximum atomic E-state index is 13.5. The first-order valence-corrected chi connectivity index (χ1v) is 14.5. The van der Waals surface area contributed by atoms with E-state index < -0.39 is 17.3 Å². The summed E-state index contributed by atoms with van der Waals surface area (Å²) in [4.78, 5) is 30.6. The van der Waals surface area contributed by atoms with Crippen LogP contribution in [0.25, 0.3) is 22.3 Å². The van der Waals surface area contributed by atoms with Crippen molar-refractivity contribution < 1.29 is 27.4 Å². The van der Waals surface area contributed by atoms with Crippen LogP contribution in [0.2, 0.25) is 0 Å². The lowest BCUT2D eigenvalue weighted by Crippen LogP contribution is -2.21. The number of halogens is 4. The Morgan fingerprint density at radius 3 is 2.53 bits per heavy atom. The van der Waals surface area contributed by atoms with E-state index in [-0.39, 0.29) is 41.6 Å². The lowest BCUT2D eigenvalue weighted by molar-refractivity contribution is -0.137. The molecule has 1 heterocycles. The molecule has 0 aliphatic carbocycles. The van der Waals surface area contributed by atoms with Gasteiger partial charge >= 0.3 is 6.18 Å². The fourth-order valence-electron chi connectivity index (χ4n) is 4.48. The van der Waals surface area contributed by atoms with Gasteiger partial charge in [0.05, 0.1) is 33.8 Å². The number of fused-ring (bicyclic) bond motifs is 1. The van der Waals surface area contributed by atoms with Crippen molar-refractivity contribution >= 4 is 44.6 Å². The summed E-state index contributed by atoms with van der Waals surface area (Å²) >= 11 is 3.46. The van der Waals surface area contributed by atoms with E-state index in [1.54, 1.807) is 49.4 Å². The topological polar surface area (TPSA) is 94.8 Å². The van der Waals surface area contributed by atoms with E-state index in [1.807, 2.05) is 25.1 Å². The molecule has 1 aromatic heterocycles. The standard InChI is InChI=1S/C33H26BrF3N4O4/c1-3-44-28-16-21(15-25(34)30(28)45-19-29(42)39-26-13-6-4-9-20(26)2)18-38-41-31(22-10-8-11-23(17-22)33(35,36)37)40-27-14-7-5-12-24(27)32(41)43/h4-18H,3,19H2,1-2H3,(H,39,42). The third-order valence-electron chi connectivity index (χ3n) is 6.62. The Hall–Kier alpha value is -4.97. The number of aromatic nitrogens is 2. The summed E-state index contributed by atoms with van der Waals surface area (Å²) in [6, 6.07) is 21.7. The zero-order chi connectivity index (χ0) is 32.1. The Morgan fingerprint density at radius 2 is 1.78 bits per heavy atom. The Morgan fingerprint density at radius 1 is 1.02 bits per heavy atom. The summed E-state index contributed by atoms with van der Waals surface area (Å²) in [7, 11) is 0. The second-order valence-corrected chi connectivity index (χ2v) is 10.7. The summed E-state index contributed by atoms with van der Waals surface area (Å²) in [5.41, 5.74) is 0.980. The molecular formula is C33H26BrF3N4O4. The molecule has 5 aromatic rings. The number of carbonyl (C=O) groups is 1. The van der Waals surface area contributed by atoms with Gasteiger partial charge in [-0.25, -0.2) is 4.98 Å². The van der Waals surface area contributed by atoms with Crippen molar-refractivity contribution in [1.29, 1.82) is 0 Å². The van der Waals surface area contributed by atoms with Gasteiger partial charge in [0.25, 0.3) is 11.5 Å². The Bertz CT molecular complexity index is 1970. The second-order valence-electron chi connectivity index (χ2n) is 9.81. The lowest BCUT2D eigenvalue weighted by atomic mass is 10.1. The molecule has 45 heavy (non-hydrogen) atoms. The molecule has 0 spiro atoms. The number of para-hydroxylation sites is 2. The lowest BCUT2D eigenvalue weighted by Gasteiger charge is -2.15. The van der Waals surface area contributed by atoms with Crippen LogP contribution in [-0.4, -0.2) is 35.0 Å². The van der Waals surface area contributed by atoms with Crippen LogP contribution < -0.4 is 20.3 Å². The van der Waals surface area contributed by atoms with E-state index in [9.17, 15) is 22.8 Å². The molecule has 0 saturated carbocycles. The van der Waals surface area contributed by atoms with Gasteiger partial charge in [-0.2, -0.15) is 22.9 Å². The highest BCUT2D eigenvalue weighted by Crippen LogP contribution is 2.37. The smallest absolute Gasteiger partial charge is 0.416 e. The van der Waals surface area contributed by atoms with Crippen molar-refractivity contribution in [2.75, 3.05) is 18.5 Å². The van der Waals surface area contributed by atoms with Crippen LogP contribution in [0.5, 0.6) is 11.5 Å². The van der Waals surface area contributed by atoms with Crippen molar-refractivity contribution in [3.05, 3.63) is 116 Å². The number of alkyl halides is 3. The highest BCUT2D eigenvalue weighted by molar-refractivity contribution is 9.10.